The lowest BCUT2D eigenvalue weighted by molar-refractivity contribution is -0.119. The van der Waals surface area contributed by atoms with E-state index in [0.29, 0.717) is 23.9 Å². The molecular weight excluding hydrogens is 382 g/mol. The maximum atomic E-state index is 12.4. The van der Waals surface area contributed by atoms with E-state index in [0.717, 1.165) is 21.8 Å². The average Bonchev–Trinajstić information content (AvgIpc) is 3.02. The molecule has 7 heteroatoms. The normalized spacial score (nSPS) is 12.3. The van der Waals surface area contributed by atoms with E-state index in [1.165, 1.54) is 11.8 Å². The summed E-state index contributed by atoms with van der Waals surface area (Å²) in [6.07, 6.45) is 0. The largest absolute Gasteiger partial charge is 0.383 e. The zero-order chi connectivity index (χ0) is 19.2. The predicted octanol–water partition coefficient (Wildman–Crippen LogP) is 4.31. The Labute approximate surface area is 168 Å². The molecule has 0 aliphatic heterocycles. The molecule has 3 aromatic rings. The SMILES string of the molecule is COCCn1c(SCC(=O)NC(C)c2ccc(Cl)cc2)nc2ccccc21. The zero-order valence-electron chi connectivity index (χ0n) is 15.3. The fourth-order valence-electron chi connectivity index (χ4n) is 2.81. The highest BCUT2D eigenvalue weighted by Gasteiger charge is 2.14. The number of aromatic nitrogens is 2. The molecule has 27 heavy (non-hydrogen) atoms. The highest BCUT2D eigenvalue weighted by molar-refractivity contribution is 7.99. The van der Waals surface area contributed by atoms with Gasteiger partial charge in [0.25, 0.3) is 0 Å². The summed E-state index contributed by atoms with van der Waals surface area (Å²) in [4.78, 5) is 17.0. The molecule has 1 amide bonds. The standard InChI is InChI=1S/C20H22ClN3O2S/c1-14(15-7-9-16(21)10-8-15)22-19(25)13-27-20-23-17-5-3-4-6-18(17)24(20)11-12-26-2/h3-10,14H,11-13H2,1-2H3,(H,22,25). The molecule has 1 atom stereocenters. The van der Waals surface area contributed by atoms with Gasteiger partial charge in [-0.15, -0.1) is 0 Å². The van der Waals surface area contributed by atoms with Crippen molar-refractivity contribution in [2.75, 3.05) is 19.5 Å². The first-order valence-electron chi connectivity index (χ1n) is 8.70. The summed E-state index contributed by atoms with van der Waals surface area (Å²) in [6, 6.07) is 15.4. The Hall–Kier alpha value is -2.02. The third-order valence-corrected chi connectivity index (χ3v) is 5.45. The molecule has 142 valence electrons. The van der Waals surface area contributed by atoms with Crippen LogP contribution in [0.1, 0.15) is 18.5 Å². The van der Waals surface area contributed by atoms with E-state index in [2.05, 4.69) is 14.9 Å². The molecule has 3 rings (SSSR count). The number of para-hydroxylation sites is 2. The van der Waals surface area contributed by atoms with Gasteiger partial charge in [-0.05, 0) is 36.8 Å². The number of benzene rings is 2. The summed E-state index contributed by atoms with van der Waals surface area (Å²) in [5, 5.41) is 4.52. The van der Waals surface area contributed by atoms with Crippen LogP contribution >= 0.6 is 23.4 Å². The number of halogens is 1. The molecular formula is C20H22ClN3O2S. The fraction of sp³-hybridized carbons (Fsp3) is 0.300. The van der Waals surface area contributed by atoms with Crippen LogP contribution in [0.15, 0.2) is 53.7 Å². The number of hydrogen-bond acceptors (Lipinski definition) is 4. The van der Waals surface area contributed by atoms with Crippen LogP contribution in [0.2, 0.25) is 5.02 Å². The van der Waals surface area contributed by atoms with Gasteiger partial charge in [-0.2, -0.15) is 0 Å². The molecule has 0 radical (unpaired) electrons. The first-order chi connectivity index (χ1) is 13.1. The molecule has 1 unspecified atom stereocenters. The van der Waals surface area contributed by atoms with E-state index >= 15 is 0 Å². The van der Waals surface area contributed by atoms with E-state index < -0.39 is 0 Å². The summed E-state index contributed by atoms with van der Waals surface area (Å²) >= 11 is 7.35. The van der Waals surface area contributed by atoms with Crippen molar-refractivity contribution < 1.29 is 9.53 Å². The first kappa shape index (κ1) is 19.7. The molecule has 5 nitrogen and oxygen atoms in total. The summed E-state index contributed by atoms with van der Waals surface area (Å²) < 4.78 is 7.30. The van der Waals surface area contributed by atoms with Gasteiger partial charge in [0, 0.05) is 18.7 Å². The van der Waals surface area contributed by atoms with Crippen LogP contribution in [0.4, 0.5) is 0 Å². The summed E-state index contributed by atoms with van der Waals surface area (Å²) in [7, 11) is 1.68. The van der Waals surface area contributed by atoms with Crippen LogP contribution in [0.25, 0.3) is 11.0 Å². The van der Waals surface area contributed by atoms with Crippen molar-refractivity contribution in [3.05, 3.63) is 59.1 Å². The molecule has 1 heterocycles. The molecule has 0 saturated carbocycles. The zero-order valence-corrected chi connectivity index (χ0v) is 16.9. The molecule has 0 aliphatic rings. The van der Waals surface area contributed by atoms with Crippen molar-refractivity contribution in [2.45, 2.75) is 24.7 Å². The summed E-state index contributed by atoms with van der Waals surface area (Å²) in [5.41, 5.74) is 2.99. The summed E-state index contributed by atoms with van der Waals surface area (Å²) in [5.74, 6) is 0.265. The van der Waals surface area contributed by atoms with Crippen LogP contribution in [0.5, 0.6) is 0 Å². The Balaban J connectivity index is 1.65. The van der Waals surface area contributed by atoms with Gasteiger partial charge < -0.3 is 14.6 Å². The van der Waals surface area contributed by atoms with Crippen LogP contribution in [-0.2, 0) is 16.1 Å². The van der Waals surface area contributed by atoms with Gasteiger partial charge in [0.2, 0.25) is 5.91 Å². The lowest BCUT2D eigenvalue weighted by Crippen LogP contribution is -2.28. The third-order valence-electron chi connectivity index (χ3n) is 4.22. The van der Waals surface area contributed by atoms with E-state index in [9.17, 15) is 4.79 Å². The Morgan fingerprint density at radius 3 is 2.74 bits per heavy atom. The monoisotopic (exact) mass is 403 g/mol. The molecule has 1 aromatic heterocycles. The predicted molar refractivity (Wildman–Crippen MR) is 110 cm³/mol. The van der Waals surface area contributed by atoms with Gasteiger partial charge >= 0.3 is 0 Å². The number of methoxy groups -OCH3 is 1. The van der Waals surface area contributed by atoms with Crippen LogP contribution in [-0.4, -0.2) is 34.9 Å². The minimum absolute atomic E-state index is 0.0344. The topological polar surface area (TPSA) is 56.1 Å². The third kappa shape index (κ3) is 5.03. The minimum Gasteiger partial charge on any atom is -0.383 e. The Morgan fingerprint density at radius 1 is 1.26 bits per heavy atom. The molecule has 0 saturated heterocycles. The van der Waals surface area contributed by atoms with Gasteiger partial charge in [0.05, 0.1) is 29.4 Å². The van der Waals surface area contributed by atoms with Crippen LogP contribution in [0.3, 0.4) is 0 Å². The van der Waals surface area contributed by atoms with Crippen molar-refractivity contribution in [1.29, 1.82) is 0 Å². The number of imidazole rings is 1. The number of amides is 1. The van der Waals surface area contributed by atoms with E-state index in [4.69, 9.17) is 16.3 Å². The second-order valence-corrected chi connectivity index (χ2v) is 7.54. The minimum atomic E-state index is -0.0809. The van der Waals surface area contributed by atoms with Crippen LogP contribution in [0, 0.1) is 0 Å². The smallest absolute Gasteiger partial charge is 0.230 e. The molecule has 0 fully saturated rings. The highest BCUT2D eigenvalue weighted by Crippen LogP contribution is 2.24. The van der Waals surface area contributed by atoms with Gasteiger partial charge in [-0.1, -0.05) is 47.6 Å². The first-order valence-corrected chi connectivity index (χ1v) is 10.1. The number of fused-ring (bicyclic) bond motifs is 1. The quantitative estimate of drug-likeness (QED) is 0.569. The number of carbonyl (C=O) groups is 1. The van der Waals surface area contributed by atoms with Crippen molar-refractivity contribution >= 4 is 40.3 Å². The Bertz CT molecular complexity index is 911. The number of carbonyl (C=O) groups excluding carboxylic acids is 1. The van der Waals surface area contributed by atoms with Crippen molar-refractivity contribution in [3.8, 4) is 0 Å². The molecule has 0 spiro atoms. The number of rotatable bonds is 8. The molecule has 0 aliphatic carbocycles. The number of nitrogens with zero attached hydrogens (tertiary/aromatic N) is 2. The molecule has 0 bridgehead atoms. The average molecular weight is 404 g/mol. The van der Waals surface area contributed by atoms with Gasteiger partial charge in [0.1, 0.15) is 0 Å². The van der Waals surface area contributed by atoms with Crippen molar-refractivity contribution in [2.24, 2.45) is 0 Å². The summed E-state index contributed by atoms with van der Waals surface area (Å²) in [6.45, 7) is 3.25. The van der Waals surface area contributed by atoms with Crippen LogP contribution < -0.4 is 5.32 Å². The van der Waals surface area contributed by atoms with Crippen molar-refractivity contribution in [1.82, 2.24) is 14.9 Å². The number of ether oxygens (including phenoxy) is 1. The van der Waals surface area contributed by atoms with Gasteiger partial charge in [0.15, 0.2) is 5.16 Å². The number of nitrogens with one attached hydrogen (secondary N) is 1. The lowest BCUT2D eigenvalue weighted by atomic mass is 10.1. The van der Waals surface area contributed by atoms with Gasteiger partial charge in [-0.25, -0.2) is 4.98 Å². The maximum Gasteiger partial charge on any atom is 0.230 e. The van der Waals surface area contributed by atoms with E-state index in [-0.39, 0.29) is 11.9 Å². The number of hydrogen-bond donors (Lipinski definition) is 1. The fourth-order valence-corrected chi connectivity index (χ4v) is 3.79. The second-order valence-electron chi connectivity index (χ2n) is 6.16. The van der Waals surface area contributed by atoms with E-state index in [1.807, 2.05) is 55.5 Å². The Kier molecular flexibility index (Phi) is 6.77. The number of thioether (sulfide) groups is 1. The Morgan fingerprint density at radius 2 is 2.00 bits per heavy atom. The van der Waals surface area contributed by atoms with Crippen molar-refractivity contribution in [3.63, 3.8) is 0 Å². The second kappa shape index (κ2) is 9.26. The molecule has 2 aromatic carbocycles. The van der Waals surface area contributed by atoms with Gasteiger partial charge in [-0.3, -0.25) is 4.79 Å². The highest BCUT2D eigenvalue weighted by atomic mass is 35.5. The molecule has 1 N–H and O–H groups in total. The lowest BCUT2D eigenvalue weighted by Gasteiger charge is -2.14. The maximum absolute atomic E-state index is 12.4. The van der Waals surface area contributed by atoms with E-state index in [1.54, 1.807) is 7.11 Å².